The zero-order chi connectivity index (χ0) is 19.0. The number of carbonyl (C=O) groups excluding carboxylic acids is 2. The number of carbonyl (C=O) groups is 2. The fourth-order valence-electron chi connectivity index (χ4n) is 4.24. The molecule has 1 N–H and O–H groups in total. The third-order valence-corrected chi connectivity index (χ3v) is 5.75. The molecule has 0 aromatic heterocycles. The van der Waals surface area contributed by atoms with Crippen molar-refractivity contribution in [2.45, 2.75) is 19.8 Å². The number of fused-ring (bicyclic) bond motifs is 2. The summed E-state index contributed by atoms with van der Waals surface area (Å²) in [6.45, 7) is 4.27. The highest BCUT2D eigenvalue weighted by molar-refractivity contribution is 6.17. The Bertz CT molecular complexity index is 879. The van der Waals surface area contributed by atoms with Crippen molar-refractivity contribution in [1.82, 2.24) is 4.90 Å². The molecule has 2 aromatic carbocycles. The first kappa shape index (κ1) is 17.7. The zero-order valence-corrected chi connectivity index (χ0v) is 15.8. The van der Waals surface area contributed by atoms with Crippen LogP contribution in [0.25, 0.3) is 0 Å². The van der Waals surface area contributed by atoms with Crippen molar-refractivity contribution in [2.24, 2.45) is 11.8 Å². The van der Waals surface area contributed by atoms with Gasteiger partial charge >= 0.3 is 0 Å². The fraction of sp³-hybridized carbons (Fsp3) is 0.364. The highest BCUT2D eigenvalue weighted by atomic mass is 16.2. The van der Waals surface area contributed by atoms with Crippen LogP contribution in [0.15, 0.2) is 48.5 Å². The summed E-state index contributed by atoms with van der Waals surface area (Å²) in [4.78, 5) is 30.2. The van der Waals surface area contributed by atoms with Gasteiger partial charge in [0.05, 0.1) is 22.6 Å². The Balaban J connectivity index is 1.71. The minimum absolute atomic E-state index is 0.0489. The Labute approximate surface area is 160 Å². The van der Waals surface area contributed by atoms with E-state index in [2.05, 4.69) is 24.2 Å². The molecule has 2 amide bonds. The Morgan fingerprint density at radius 1 is 1.11 bits per heavy atom. The van der Waals surface area contributed by atoms with Crippen LogP contribution in [0, 0.1) is 11.8 Å². The molecule has 5 nitrogen and oxygen atoms in total. The molecule has 140 valence electrons. The van der Waals surface area contributed by atoms with Crippen LogP contribution in [0.5, 0.6) is 0 Å². The van der Waals surface area contributed by atoms with Gasteiger partial charge < -0.3 is 10.2 Å². The standard InChI is InChI=1S/C22H25N3O2/c1-15-14-24(2)12-11-16(15)13-21(26)25-19-9-5-3-7-17(19)22(27)23-18-8-4-6-10-20(18)25/h3-10,15-16H,11-14H2,1-2H3,(H,23,27)/t15-,16-/m1/s1. The third-order valence-electron chi connectivity index (χ3n) is 5.75. The number of para-hydroxylation sites is 3. The van der Waals surface area contributed by atoms with Gasteiger partial charge in [-0.3, -0.25) is 14.5 Å². The molecule has 2 atom stereocenters. The van der Waals surface area contributed by atoms with Gasteiger partial charge in [-0.1, -0.05) is 31.2 Å². The topological polar surface area (TPSA) is 52.7 Å². The largest absolute Gasteiger partial charge is 0.320 e. The lowest BCUT2D eigenvalue weighted by Gasteiger charge is -2.35. The summed E-state index contributed by atoms with van der Waals surface area (Å²) in [5, 5.41) is 2.94. The maximum Gasteiger partial charge on any atom is 0.257 e. The summed E-state index contributed by atoms with van der Waals surface area (Å²) >= 11 is 0. The summed E-state index contributed by atoms with van der Waals surface area (Å²) in [7, 11) is 2.13. The second kappa shape index (κ2) is 7.16. The SMILES string of the molecule is C[C@@H]1CN(C)CC[C@@H]1CC(=O)N1c2ccccc2NC(=O)c2ccccc21. The molecule has 1 fully saturated rings. The highest BCUT2D eigenvalue weighted by Crippen LogP contribution is 2.39. The molecule has 1 saturated heterocycles. The lowest BCUT2D eigenvalue weighted by Crippen LogP contribution is -2.39. The Hall–Kier alpha value is -2.66. The van der Waals surface area contributed by atoms with E-state index < -0.39 is 0 Å². The summed E-state index contributed by atoms with van der Waals surface area (Å²) in [5.74, 6) is 0.707. The maximum absolute atomic E-state index is 13.5. The van der Waals surface area contributed by atoms with E-state index in [-0.39, 0.29) is 11.8 Å². The lowest BCUT2D eigenvalue weighted by atomic mass is 9.84. The molecule has 4 rings (SSSR count). The molecule has 2 aliphatic heterocycles. The van der Waals surface area contributed by atoms with Gasteiger partial charge in [0.25, 0.3) is 5.91 Å². The first-order valence-electron chi connectivity index (χ1n) is 9.55. The molecule has 0 aliphatic carbocycles. The van der Waals surface area contributed by atoms with E-state index in [1.165, 1.54) is 0 Å². The van der Waals surface area contributed by atoms with Gasteiger partial charge in [-0.15, -0.1) is 0 Å². The van der Waals surface area contributed by atoms with E-state index in [0.29, 0.717) is 35.2 Å². The van der Waals surface area contributed by atoms with Crippen LogP contribution in [-0.2, 0) is 4.79 Å². The predicted octanol–water partition coefficient (Wildman–Crippen LogP) is 3.89. The average Bonchev–Trinajstić information content (AvgIpc) is 2.78. The summed E-state index contributed by atoms with van der Waals surface area (Å²) in [6, 6.07) is 14.8. The molecule has 0 saturated carbocycles. The lowest BCUT2D eigenvalue weighted by molar-refractivity contribution is -0.119. The van der Waals surface area contributed by atoms with Crippen molar-refractivity contribution in [3.8, 4) is 0 Å². The maximum atomic E-state index is 13.5. The number of hydrogen-bond donors (Lipinski definition) is 1. The first-order chi connectivity index (χ1) is 13.0. The summed E-state index contributed by atoms with van der Waals surface area (Å²) < 4.78 is 0. The number of rotatable bonds is 2. The van der Waals surface area contributed by atoms with Gasteiger partial charge in [-0.2, -0.15) is 0 Å². The second-order valence-corrected chi connectivity index (χ2v) is 7.71. The van der Waals surface area contributed by atoms with Crippen LogP contribution < -0.4 is 10.2 Å². The number of amides is 2. The minimum Gasteiger partial charge on any atom is -0.320 e. The molecule has 2 heterocycles. The van der Waals surface area contributed by atoms with Crippen LogP contribution in [0.2, 0.25) is 0 Å². The van der Waals surface area contributed by atoms with Crippen LogP contribution in [0.4, 0.5) is 17.1 Å². The van der Waals surface area contributed by atoms with Crippen molar-refractivity contribution in [3.05, 3.63) is 54.1 Å². The number of likely N-dealkylation sites (tertiary alicyclic amines) is 1. The van der Waals surface area contributed by atoms with Gasteiger partial charge in [-0.05, 0) is 56.1 Å². The van der Waals surface area contributed by atoms with Crippen molar-refractivity contribution in [2.75, 3.05) is 30.4 Å². The van der Waals surface area contributed by atoms with E-state index in [1.54, 1.807) is 11.0 Å². The van der Waals surface area contributed by atoms with Gasteiger partial charge in [0.15, 0.2) is 0 Å². The minimum atomic E-state index is -0.180. The van der Waals surface area contributed by atoms with E-state index in [4.69, 9.17) is 0 Å². The second-order valence-electron chi connectivity index (χ2n) is 7.71. The van der Waals surface area contributed by atoms with E-state index in [9.17, 15) is 9.59 Å². The molecule has 0 radical (unpaired) electrons. The van der Waals surface area contributed by atoms with Crippen LogP contribution in [-0.4, -0.2) is 36.9 Å². The van der Waals surface area contributed by atoms with Crippen molar-refractivity contribution < 1.29 is 9.59 Å². The van der Waals surface area contributed by atoms with Crippen LogP contribution in [0.1, 0.15) is 30.1 Å². The summed E-state index contributed by atoms with van der Waals surface area (Å²) in [5.41, 5.74) is 2.59. The molecule has 5 heteroatoms. The van der Waals surface area contributed by atoms with E-state index >= 15 is 0 Å². The number of benzene rings is 2. The summed E-state index contributed by atoms with van der Waals surface area (Å²) in [6.07, 6.45) is 1.52. The van der Waals surface area contributed by atoms with Crippen molar-refractivity contribution in [3.63, 3.8) is 0 Å². The zero-order valence-electron chi connectivity index (χ0n) is 15.8. The van der Waals surface area contributed by atoms with Gasteiger partial charge in [0.2, 0.25) is 5.91 Å². The molecule has 0 bridgehead atoms. The van der Waals surface area contributed by atoms with Gasteiger partial charge in [-0.25, -0.2) is 0 Å². The molecule has 2 aromatic rings. The number of anilines is 3. The van der Waals surface area contributed by atoms with Crippen LogP contribution >= 0.6 is 0 Å². The van der Waals surface area contributed by atoms with Crippen LogP contribution in [0.3, 0.4) is 0 Å². The van der Waals surface area contributed by atoms with Crippen molar-refractivity contribution >= 4 is 28.9 Å². The quantitative estimate of drug-likeness (QED) is 0.881. The number of hydrogen-bond acceptors (Lipinski definition) is 3. The van der Waals surface area contributed by atoms with E-state index in [1.807, 2.05) is 42.5 Å². The molecule has 0 spiro atoms. The molecule has 0 unspecified atom stereocenters. The van der Waals surface area contributed by atoms with Gasteiger partial charge in [0, 0.05) is 13.0 Å². The number of nitrogens with zero attached hydrogens (tertiary/aromatic N) is 2. The highest BCUT2D eigenvalue weighted by Gasteiger charge is 2.32. The number of piperidine rings is 1. The Kier molecular flexibility index (Phi) is 4.70. The molecular formula is C22H25N3O2. The number of nitrogens with one attached hydrogen (secondary N) is 1. The predicted molar refractivity (Wildman–Crippen MR) is 107 cm³/mol. The monoisotopic (exact) mass is 363 g/mol. The normalized spacial score (nSPS) is 22.4. The fourth-order valence-corrected chi connectivity index (χ4v) is 4.24. The van der Waals surface area contributed by atoms with Crippen molar-refractivity contribution in [1.29, 1.82) is 0 Å². The Morgan fingerprint density at radius 3 is 2.59 bits per heavy atom. The third kappa shape index (κ3) is 3.35. The smallest absolute Gasteiger partial charge is 0.257 e. The molecule has 2 aliphatic rings. The first-order valence-corrected chi connectivity index (χ1v) is 9.55. The average molecular weight is 363 g/mol. The molecule has 27 heavy (non-hydrogen) atoms. The molecular weight excluding hydrogens is 338 g/mol. The van der Waals surface area contributed by atoms with Gasteiger partial charge in [0.1, 0.15) is 0 Å². The Morgan fingerprint density at radius 2 is 1.81 bits per heavy atom. The van der Waals surface area contributed by atoms with E-state index in [0.717, 1.165) is 25.2 Å².